The quantitative estimate of drug-likeness (QED) is 0.877. The molecular formula is C15H23N5S. The lowest BCUT2D eigenvalue weighted by Crippen LogP contribution is -2.12. The Morgan fingerprint density at radius 3 is 2.29 bits per heavy atom. The fraction of sp³-hybridized carbons (Fsp3) is 0.533. The average molecular weight is 305 g/mol. The first-order valence-electron chi connectivity index (χ1n) is 7.17. The summed E-state index contributed by atoms with van der Waals surface area (Å²) in [5, 5.41) is 7.76. The van der Waals surface area contributed by atoms with Crippen LogP contribution in [0.3, 0.4) is 0 Å². The third-order valence-electron chi connectivity index (χ3n) is 3.38. The highest BCUT2D eigenvalue weighted by molar-refractivity contribution is 7.11. The van der Waals surface area contributed by atoms with Crippen LogP contribution in [0.2, 0.25) is 0 Å². The number of anilines is 2. The second kappa shape index (κ2) is 6.39. The molecule has 2 heterocycles. The van der Waals surface area contributed by atoms with Crippen molar-refractivity contribution in [3.05, 3.63) is 27.5 Å². The van der Waals surface area contributed by atoms with Gasteiger partial charge in [0.15, 0.2) is 0 Å². The summed E-state index contributed by atoms with van der Waals surface area (Å²) in [6.45, 7) is 10.5. The fourth-order valence-corrected chi connectivity index (χ4v) is 3.41. The van der Waals surface area contributed by atoms with Crippen molar-refractivity contribution >= 4 is 23.0 Å². The van der Waals surface area contributed by atoms with Gasteiger partial charge in [-0.05, 0) is 26.7 Å². The Kier molecular flexibility index (Phi) is 4.77. The highest BCUT2D eigenvalue weighted by atomic mass is 32.1. The molecule has 0 saturated carbocycles. The van der Waals surface area contributed by atoms with E-state index >= 15 is 0 Å². The molecule has 0 spiro atoms. The number of aryl methyl sites for hydroxylation is 2. The Hall–Kier alpha value is -1.69. The van der Waals surface area contributed by atoms with Crippen LogP contribution in [0.1, 0.15) is 53.9 Å². The second-order valence-electron chi connectivity index (χ2n) is 5.44. The zero-order valence-electron chi connectivity index (χ0n) is 13.5. The van der Waals surface area contributed by atoms with Crippen LogP contribution >= 0.6 is 11.3 Å². The lowest BCUT2D eigenvalue weighted by Gasteiger charge is -2.20. The summed E-state index contributed by atoms with van der Waals surface area (Å²) in [6.07, 6.45) is 1.59. The minimum atomic E-state index is 0.174. The van der Waals surface area contributed by atoms with Gasteiger partial charge in [0.25, 0.3) is 0 Å². The van der Waals surface area contributed by atoms with Gasteiger partial charge in [0.2, 0.25) is 0 Å². The van der Waals surface area contributed by atoms with Crippen LogP contribution in [0, 0.1) is 13.8 Å². The van der Waals surface area contributed by atoms with E-state index in [4.69, 9.17) is 0 Å². The molecule has 0 aromatic carbocycles. The first kappa shape index (κ1) is 15.7. The summed E-state index contributed by atoms with van der Waals surface area (Å²) >= 11 is 1.73. The Balaban J connectivity index is 2.33. The molecule has 0 aliphatic heterocycles. The SMILES string of the molecule is CNc1ncnc(NC(C)c2sc(C)nc2C)c1C(C)C. The van der Waals surface area contributed by atoms with Crippen LogP contribution in [0.15, 0.2) is 6.33 Å². The van der Waals surface area contributed by atoms with E-state index in [0.717, 1.165) is 27.9 Å². The lowest BCUT2D eigenvalue weighted by atomic mass is 10.0. The summed E-state index contributed by atoms with van der Waals surface area (Å²) in [5.41, 5.74) is 2.21. The lowest BCUT2D eigenvalue weighted by molar-refractivity contribution is 0.823. The van der Waals surface area contributed by atoms with Crippen LogP contribution in [-0.4, -0.2) is 22.0 Å². The van der Waals surface area contributed by atoms with Gasteiger partial charge in [-0.25, -0.2) is 15.0 Å². The monoisotopic (exact) mass is 305 g/mol. The number of rotatable bonds is 5. The molecule has 2 N–H and O–H groups in total. The Morgan fingerprint density at radius 2 is 1.76 bits per heavy atom. The zero-order valence-corrected chi connectivity index (χ0v) is 14.3. The molecule has 0 aliphatic carbocycles. The third kappa shape index (κ3) is 3.32. The molecule has 2 aromatic heterocycles. The Morgan fingerprint density at radius 1 is 1.10 bits per heavy atom. The molecule has 1 atom stereocenters. The zero-order chi connectivity index (χ0) is 15.6. The highest BCUT2D eigenvalue weighted by Crippen LogP contribution is 2.32. The molecule has 1 unspecified atom stereocenters. The van der Waals surface area contributed by atoms with Crippen LogP contribution in [-0.2, 0) is 0 Å². The largest absolute Gasteiger partial charge is 0.373 e. The van der Waals surface area contributed by atoms with Gasteiger partial charge in [0.05, 0.1) is 16.7 Å². The molecule has 2 aromatic rings. The number of hydrogen-bond donors (Lipinski definition) is 2. The molecule has 6 heteroatoms. The van der Waals surface area contributed by atoms with Gasteiger partial charge in [-0.1, -0.05) is 13.8 Å². The maximum absolute atomic E-state index is 4.50. The first-order valence-corrected chi connectivity index (χ1v) is 7.98. The van der Waals surface area contributed by atoms with E-state index in [1.807, 2.05) is 14.0 Å². The van der Waals surface area contributed by atoms with Crippen LogP contribution in [0.25, 0.3) is 0 Å². The number of nitrogens with zero attached hydrogens (tertiary/aromatic N) is 3. The molecule has 0 amide bonds. The summed E-state index contributed by atoms with van der Waals surface area (Å²) in [4.78, 5) is 14.5. The summed E-state index contributed by atoms with van der Waals surface area (Å²) in [5.74, 6) is 2.11. The van der Waals surface area contributed by atoms with Crippen molar-refractivity contribution in [1.82, 2.24) is 15.0 Å². The summed E-state index contributed by atoms with van der Waals surface area (Å²) in [7, 11) is 1.89. The fourth-order valence-electron chi connectivity index (χ4n) is 2.48. The van der Waals surface area contributed by atoms with Gasteiger partial charge in [0, 0.05) is 17.5 Å². The van der Waals surface area contributed by atoms with Gasteiger partial charge in [-0.15, -0.1) is 11.3 Å². The molecule has 0 aliphatic rings. The minimum Gasteiger partial charge on any atom is -0.373 e. The van der Waals surface area contributed by atoms with Crippen LogP contribution < -0.4 is 10.6 Å². The molecule has 0 saturated heterocycles. The molecule has 0 bridgehead atoms. The maximum Gasteiger partial charge on any atom is 0.135 e. The van der Waals surface area contributed by atoms with Crippen molar-refractivity contribution in [1.29, 1.82) is 0 Å². The molecule has 0 fully saturated rings. The van der Waals surface area contributed by atoms with E-state index in [1.165, 1.54) is 4.88 Å². The van der Waals surface area contributed by atoms with Crippen LogP contribution in [0.4, 0.5) is 11.6 Å². The van der Waals surface area contributed by atoms with Crippen LogP contribution in [0.5, 0.6) is 0 Å². The van der Waals surface area contributed by atoms with E-state index < -0.39 is 0 Å². The van der Waals surface area contributed by atoms with E-state index in [-0.39, 0.29) is 6.04 Å². The molecule has 0 radical (unpaired) electrons. The third-order valence-corrected chi connectivity index (χ3v) is 4.64. The molecular weight excluding hydrogens is 282 g/mol. The molecule has 5 nitrogen and oxygen atoms in total. The van der Waals surface area contributed by atoms with Crippen molar-refractivity contribution in [3.8, 4) is 0 Å². The predicted molar refractivity (Wildman–Crippen MR) is 89.3 cm³/mol. The smallest absolute Gasteiger partial charge is 0.135 e. The predicted octanol–water partition coefficient (Wildman–Crippen LogP) is 3.89. The normalized spacial score (nSPS) is 12.5. The van der Waals surface area contributed by atoms with E-state index in [1.54, 1.807) is 17.7 Å². The van der Waals surface area contributed by atoms with E-state index in [2.05, 4.69) is 53.3 Å². The van der Waals surface area contributed by atoms with Crippen molar-refractivity contribution in [3.63, 3.8) is 0 Å². The second-order valence-corrected chi connectivity index (χ2v) is 6.67. The number of aromatic nitrogens is 3. The van der Waals surface area contributed by atoms with Crippen molar-refractivity contribution < 1.29 is 0 Å². The Labute approximate surface area is 130 Å². The number of thiazole rings is 1. The van der Waals surface area contributed by atoms with Crippen molar-refractivity contribution in [2.45, 2.75) is 46.6 Å². The van der Waals surface area contributed by atoms with Crippen molar-refractivity contribution in [2.24, 2.45) is 0 Å². The minimum absolute atomic E-state index is 0.174. The topological polar surface area (TPSA) is 62.7 Å². The highest BCUT2D eigenvalue weighted by Gasteiger charge is 2.18. The van der Waals surface area contributed by atoms with Gasteiger partial charge in [0.1, 0.15) is 18.0 Å². The standard InChI is InChI=1S/C15H23N5S/c1-8(2)12-14(16-6)17-7-18-15(12)20-10(4)13-9(3)19-11(5)21-13/h7-8,10H,1-6H3,(H2,16,17,18,20). The van der Waals surface area contributed by atoms with E-state index in [9.17, 15) is 0 Å². The molecule has 2 rings (SSSR count). The Bertz CT molecular complexity index is 621. The molecule has 21 heavy (non-hydrogen) atoms. The first-order chi connectivity index (χ1) is 9.93. The van der Waals surface area contributed by atoms with Gasteiger partial charge < -0.3 is 10.6 Å². The van der Waals surface area contributed by atoms with Gasteiger partial charge in [-0.3, -0.25) is 0 Å². The summed E-state index contributed by atoms with van der Waals surface area (Å²) in [6, 6.07) is 0.174. The van der Waals surface area contributed by atoms with Gasteiger partial charge >= 0.3 is 0 Å². The maximum atomic E-state index is 4.50. The van der Waals surface area contributed by atoms with Crippen molar-refractivity contribution in [2.75, 3.05) is 17.7 Å². The number of nitrogens with one attached hydrogen (secondary N) is 2. The van der Waals surface area contributed by atoms with E-state index in [0.29, 0.717) is 5.92 Å². The molecule has 114 valence electrons. The summed E-state index contributed by atoms with van der Waals surface area (Å²) < 4.78 is 0. The average Bonchev–Trinajstić information content (AvgIpc) is 2.77. The van der Waals surface area contributed by atoms with Gasteiger partial charge in [-0.2, -0.15) is 0 Å². The number of hydrogen-bond acceptors (Lipinski definition) is 6.